The lowest BCUT2D eigenvalue weighted by molar-refractivity contribution is 0.239. The molecule has 114 valence electrons. The minimum absolute atomic E-state index is 0. The highest BCUT2D eigenvalue weighted by Gasteiger charge is 2.14. The van der Waals surface area contributed by atoms with Gasteiger partial charge in [-0.1, -0.05) is 16.8 Å². The van der Waals surface area contributed by atoms with E-state index in [4.69, 9.17) is 16.1 Å². The molecule has 1 N–H and O–H groups in total. The quantitative estimate of drug-likeness (QED) is 0.938. The van der Waals surface area contributed by atoms with Crippen LogP contribution in [0.1, 0.15) is 12.3 Å². The van der Waals surface area contributed by atoms with Crippen molar-refractivity contribution in [3.8, 4) is 11.4 Å². The molecule has 0 amide bonds. The van der Waals surface area contributed by atoms with Crippen molar-refractivity contribution >= 4 is 24.0 Å². The average Bonchev–Trinajstić information content (AvgIpc) is 2.76. The summed E-state index contributed by atoms with van der Waals surface area (Å²) in [6, 6.07) is 7.44. The third-order valence-electron chi connectivity index (χ3n) is 3.36. The van der Waals surface area contributed by atoms with Gasteiger partial charge in [-0.3, -0.25) is 4.90 Å². The van der Waals surface area contributed by atoms with Crippen molar-refractivity contribution < 1.29 is 4.52 Å². The summed E-state index contributed by atoms with van der Waals surface area (Å²) in [5, 5.41) is 8.12. The van der Waals surface area contributed by atoms with Crippen LogP contribution in [0.15, 0.2) is 28.8 Å². The van der Waals surface area contributed by atoms with Gasteiger partial charge < -0.3 is 9.84 Å². The van der Waals surface area contributed by atoms with E-state index in [9.17, 15) is 0 Å². The predicted molar refractivity (Wildman–Crippen MR) is 84.8 cm³/mol. The van der Waals surface area contributed by atoms with Crippen molar-refractivity contribution in [3.05, 3.63) is 35.2 Å². The van der Waals surface area contributed by atoms with Crippen LogP contribution in [0.25, 0.3) is 11.4 Å². The summed E-state index contributed by atoms with van der Waals surface area (Å²) < 4.78 is 5.34. The van der Waals surface area contributed by atoms with Crippen LogP contribution in [0.5, 0.6) is 0 Å². The molecular formula is C14H18Cl2N4O. The second kappa shape index (κ2) is 7.75. The summed E-state index contributed by atoms with van der Waals surface area (Å²) >= 11 is 5.87. The zero-order chi connectivity index (χ0) is 13.8. The van der Waals surface area contributed by atoms with E-state index < -0.39 is 0 Å². The fourth-order valence-electron chi connectivity index (χ4n) is 2.29. The number of halogens is 2. The van der Waals surface area contributed by atoms with Crippen LogP contribution in [0.4, 0.5) is 0 Å². The van der Waals surface area contributed by atoms with Gasteiger partial charge in [0.15, 0.2) is 0 Å². The molecule has 0 bridgehead atoms. The molecule has 1 fully saturated rings. The molecule has 0 radical (unpaired) electrons. The van der Waals surface area contributed by atoms with Crippen LogP contribution < -0.4 is 5.32 Å². The minimum Gasteiger partial charge on any atom is -0.338 e. The van der Waals surface area contributed by atoms with Gasteiger partial charge in [-0.25, -0.2) is 0 Å². The van der Waals surface area contributed by atoms with Crippen molar-refractivity contribution in [1.82, 2.24) is 20.4 Å². The molecule has 1 aromatic heterocycles. The van der Waals surface area contributed by atoms with E-state index in [1.165, 1.54) is 0 Å². The third kappa shape index (κ3) is 4.41. The lowest BCUT2D eigenvalue weighted by Crippen LogP contribution is -2.27. The van der Waals surface area contributed by atoms with Gasteiger partial charge in [-0.15, -0.1) is 12.4 Å². The van der Waals surface area contributed by atoms with Crippen LogP contribution in [0, 0.1) is 0 Å². The SMILES string of the molecule is Cl.Clc1ccc(-c2noc(CN3CCCNCC3)n2)cc1. The highest BCUT2D eigenvalue weighted by atomic mass is 35.5. The van der Waals surface area contributed by atoms with Crippen molar-refractivity contribution in [3.63, 3.8) is 0 Å². The van der Waals surface area contributed by atoms with E-state index >= 15 is 0 Å². The van der Waals surface area contributed by atoms with Gasteiger partial charge >= 0.3 is 0 Å². The van der Waals surface area contributed by atoms with Crippen LogP contribution in [0.3, 0.4) is 0 Å². The molecule has 0 unspecified atom stereocenters. The van der Waals surface area contributed by atoms with Crippen LogP contribution in [-0.4, -0.2) is 41.2 Å². The Morgan fingerprint density at radius 1 is 1.19 bits per heavy atom. The van der Waals surface area contributed by atoms with Gasteiger partial charge in [0.05, 0.1) is 6.54 Å². The maximum absolute atomic E-state index is 5.87. The highest BCUT2D eigenvalue weighted by molar-refractivity contribution is 6.30. The van der Waals surface area contributed by atoms with Gasteiger partial charge in [0, 0.05) is 23.7 Å². The topological polar surface area (TPSA) is 54.2 Å². The third-order valence-corrected chi connectivity index (χ3v) is 3.61. The van der Waals surface area contributed by atoms with Gasteiger partial charge in [-0.05, 0) is 43.8 Å². The Bertz CT molecular complexity index is 550. The Morgan fingerprint density at radius 3 is 2.81 bits per heavy atom. The maximum Gasteiger partial charge on any atom is 0.241 e. The molecule has 0 atom stereocenters. The highest BCUT2D eigenvalue weighted by Crippen LogP contribution is 2.19. The van der Waals surface area contributed by atoms with E-state index in [1.54, 1.807) is 0 Å². The molecule has 2 heterocycles. The Balaban J connectivity index is 0.00000161. The van der Waals surface area contributed by atoms with Crippen molar-refractivity contribution in [1.29, 1.82) is 0 Å². The summed E-state index contributed by atoms with van der Waals surface area (Å²) in [6.07, 6.45) is 1.15. The number of hydrogen-bond acceptors (Lipinski definition) is 5. The summed E-state index contributed by atoms with van der Waals surface area (Å²) in [5.74, 6) is 1.28. The second-order valence-electron chi connectivity index (χ2n) is 4.90. The first kappa shape index (κ1) is 16.2. The first-order valence-corrected chi connectivity index (χ1v) is 7.21. The minimum atomic E-state index is 0. The molecule has 5 nitrogen and oxygen atoms in total. The van der Waals surface area contributed by atoms with Gasteiger partial charge in [0.25, 0.3) is 0 Å². The van der Waals surface area contributed by atoms with Crippen molar-refractivity contribution in [2.75, 3.05) is 26.2 Å². The zero-order valence-electron chi connectivity index (χ0n) is 11.6. The molecule has 0 spiro atoms. The summed E-state index contributed by atoms with van der Waals surface area (Å²) in [7, 11) is 0. The van der Waals surface area contributed by atoms with Crippen LogP contribution in [0.2, 0.25) is 5.02 Å². The summed E-state index contributed by atoms with van der Waals surface area (Å²) in [5.41, 5.74) is 0.918. The second-order valence-corrected chi connectivity index (χ2v) is 5.33. The van der Waals surface area contributed by atoms with Crippen molar-refractivity contribution in [2.45, 2.75) is 13.0 Å². The molecule has 1 aromatic carbocycles. The lowest BCUT2D eigenvalue weighted by atomic mass is 10.2. The standard InChI is InChI=1S/C14H17ClN4O.ClH/c15-12-4-2-11(3-5-12)14-17-13(20-18-14)10-19-8-1-6-16-7-9-19;/h2-5,16H,1,6-10H2;1H. The molecule has 0 saturated carbocycles. The molecule has 7 heteroatoms. The molecular weight excluding hydrogens is 311 g/mol. The predicted octanol–water partition coefficient (Wildman–Crippen LogP) is 2.61. The summed E-state index contributed by atoms with van der Waals surface area (Å²) in [4.78, 5) is 6.78. The molecule has 21 heavy (non-hydrogen) atoms. The van der Waals surface area contributed by atoms with Crippen LogP contribution in [-0.2, 0) is 6.54 Å². The molecule has 1 saturated heterocycles. The fraction of sp³-hybridized carbons (Fsp3) is 0.429. The Hall–Kier alpha value is -1.14. The maximum atomic E-state index is 5.87. The monoisotopic (exact) mass is 328 g/mol. The number of aromatic nitrogens is 2. The largest absolute Gasteiger partial charge is 0.338 e. The molecule has 2 aromatic rings. The first-order chi connectivity index (χ1) is 9.81. The van der Waals surface area contributed by atoms with Crippen molar-refractivity contribution in [2.24, 2.45) is 0 Å². The molecule has 3 rings (SSSR count). The van der Waals surface area contributed by atoms with Gasteiger partial charge in [0.1, 0.15) is 0 Å². The van der Waals surface area contributed by atoms with E-state index in [1.807, 2.05) is 24.3 Å². The number of benzene rings is 1. The molecule has 1 aliphatic rings. The van der Waals surface area contributed by atoms with Crippen LogP contribution >= 0.6 is 24.0 Å². The smallest absolute Gasteiger partial charge is 0.241 e. The number of rotatable bonds is 3. The van der Waals surface area contributed by atoms with E-state index in [0.717, 1.165) is 38.2 Å². The van der Waals surface area contributed by atoms with Gasteiger partial charge in [0.2, 0.25) is 11.7 Å². The van der Waals surface area contributed by atoms with E-state index in [2.05, 4.69) is 20.4 Å². The normalized spacial score (nSPS) is 16.2. The van der Waals surface area contributed by atoms with E-state index in [0.29, 0.717) is 23.3 Å². The fourth-order valence-corrected chi connectivity index (χ4v) is 2.41. The zero-order valence-corrected chi connectivity index (χ0v) is 13.2. The van der Waals surface area contributed by atoms with Gasteiger partial charge in [-0.2, -0.15) is 4.98 Å². The van der Waals surface area contributed by atoms with E-state index in [-0.39, 0.29) is 12.4 Å². The lowest BCUT2D eigenvalue weighted by Gasteiger charge is -2.16. The molecule has 1 aliphatic heterocycles. The summed E-state index contributed by atoms with van der Waals surface area (Å²) in [6.45, 7) is 4.88. The Morgan fingerprint density at radius 2 is 2.00 bits per heavy atom. The average molecular weight is 329 g/mol. The number of hydrogen-bond donors (Lipinski definition) is 1. The number of nitrogens with one attached hydrogen (secondary N) is 1. The molecule has 0 aliphatic carbocycles. The number of nitrogens with zero attached hydrogens (tertiary/aromatic N) is 3. The first-order valence-electron chi connectivity index (χ1n) is 6.83. The Kier molecular flexibility index (Phi) is 5.99. The Labute approximate surface area is 135 Å².